The fourth-order valence-corrected chi connectivity index (χ4v) is 0.736. The summed E-state index contributed by atoms with van der Waals surface area (Å²) < 4.78 is 0. The number of H-pyrrole nitrogens is 1. The van der Waals surface area contributed by atoms with Gasteiger partial charge in [-0.1, -0.05) is 0 Å². The van der Waals surface area contributed by atoms with Gasteiger partial charge in [-0.15, -0.1) is 5.10 Å². The molecule has 0 aromatic carbocycles. The Morgan fingerprint density at radius 2 is 2.50 bits per heavy atom. The minimum Gasteiger partial charge on any atom is -0.465 e. The van der Waals surface area contributed by atoms with Crippen LogP contribution in [0.25, 0.3) is 0 Å². The maximum atomic E-state index is 10.0. The highest BCUT2D eigenvalue weighted by molar-refractivity contribution is 5.64. The van der Waals surface area contributed by atoms with Gasteiger partial charge >= 0.3 is 6.09 Å². The van der Waals surface area contributed by atoms with Crippen molar-refractivity contribution in [1.29, 1.82) is 0 Å². The number of hydrogen-bond donors (Lipinski definition) is 3. The monoisotopic (exact) mass is 171 g/mol. The van der Waals surface area contributed by atoms with Crippen molar-refractivity contribution >= 4 is 6.09 Å². The van der Waals surface area contributed by atoms with Crippen molar-refractivity contribution in [2.75, 3.05) is 6.54 Å². The molecule has 0 saturated heterocycles. The van der Waals surface area contributed by atoms with E-state index in [0.717, 1.165) is 0 Å². The average Bonchev–Trinajstić information content (AvgIpc) is 2.49. The topological polar surface area (TPSA) is 104 Å². The number of amides is 1. The summed E-state index contributed by atoms with van der Waals surface area (Å²) in [5.41, 5.74) is 0. The second-order valence-corrected chi connectivity index (χ2v) is 2.18. The van der Waals surface area contributed by atoms with Crippen LogP contribution in [0.5, 0.6) is 0 Å². The Kier molecular flexibility index (Phi) is 3.00. The number of nitrogens with one attached hydrogen (secondary N) is 2. The molecule has 7 heteroatoms. The van der Waals surface area contributed by atoms with Gasteiger partial charge in [0.25, 0.3) is 0 Å². The smallest absolute Gasteiger partial charge is 0.404 e. The molecule has 0 aliphatic carbocycles. The van der Waals surface area contributed by atoms with Gasteiger partial charge in [0, 0.05) is 13.0 Å². The standard InChI is InChI=1S/C5H9N5O2/c11-5(12)6-3-1-2-4-7-9-10-8-4/h6H,1-3H2,(H,11,12)(H,7,8,9,10). The van der Waals surface area contributed by atoms with Crippen molar-refractivity contribution in [3.8, 4) is 0 Å². The van der Waals surface area contributed by atoms with Crippen molar-refractivity contribution in [3.63, 3.8) is 0 Å². The van der Waals surface area contributed by atoms with E-state index >= 15 is 0 Å². The summed E-state index contributed by atoms with van der Waals surface area (Å²) in [7, 11) is 0. The van der Waals surface area contributed by atoms with Gasteiger partial charge in [0.2, 0.25) is 0 Å². The molecule has 1 amide bonds. The van der Waals surface area contributed by atoms with E-state index in [1.165, 1.54) is 0 Å². The van der Waals surface area contributed by atoms with Crippen molar-refractivity contribution in [3.05, 3.63) is 5.82 Å². The molecule has 0 unspecified atom stereocenters. The number of aromatic nitrogens is 4. The summed E-state index contributed by atoms with van der Waals surface area (Å²) in [5.74, 6) is 0.669. The van der Waals surface area contributed by atoms with E-state index in [4.69, 9.17) is 5.11 Å². The molecule has 3 N–H and O–H groups in total. The molecule has 0 atom stereocenters. The van der Waals surface area contributed by atoms with Gasteiger partial charge < -0.3 is 10.4 Å². The van der Waals surface area contributed by atoms with E-state index < -0.39 is 6.09 Å². The van der Waals surface area contributed by atoms with Crippen LogP contribution in [-0.4, -0.2) is 38.4 Å². The van der Waals surface area contributed by atoms with Crippen LogP contribution >= 0.6 is 0 Å². The van der Waals surface area contributed by atoms with Gasteiger partial charge in [0.1, 0.15) is 5.82 Å². The summed E-state index contributed by atoms with van der Waals surface area (Å²) >= 11 is 0. The Morgan fingerprint density at radius 3 is 3.08 bits per heavy atom. The van der Waals surface area contributed by atoms with Gasteiger partial charge in [0.15, 0.2) is 0 Å². The minimum atomic E-state index is -1.01. The van der Waals surface area contributed by atoms with Gasteiger partial charge in [-0.25, -0.2) is 9.89 Å². The summed E-state index contributed by atoms with van der Waals surface area (Å²) in [6, 6.07) is 0. The normalized spacial score (nSPS) is 9.67. The first-order valence-corrected chi connectivity index (χ1v) is 3.48. The quantitative estimate of drug-likeness (QED) is 0.525. The van der Waals surface area contributed by atoms with E-state index in [9.17, 15) is 4.79 Å². The number of aromatic amines is 1. The van der Waals surface area contributed by atoms with Crippen LogP contribution in [0.4, 0.5) is 4.79 Å². The predicted molar refractivity (Wildman–Crippen MR) is 38.5 cm³/mol. The van der Waals surface area contributed by atoms with E-state index in [1.807, 2.05) is 0 Å². The van der Waals surface area contributed by atoms with Gasteiger partial charge in [-0.2, -0.15) is 0 Å². The first-order valence-electron chi connectivity index (χ1n) is 3.48. The number of aryl methyl sites for hydroxylation is 1. The molecule has 0 radical (unpaired) electrons. The third-order valence-electron chi connectivity index (χ3n) is 1.26. The third kappa shape index (κ3) is 2.95. The Labute approximate surface area is 68.2 Å². The molecular formula is C5H9N5O2. The summed E-state index contributed by atoms with van der Waals surface area (Å²) in [5, 5.41) is 23.4. The molecule has 0 saturated carbocycles. The lowest BCUT2D eigenvalue weighted by atomic mass is 10.3. The lowest BCUT2D eigenvalue weighted by molar-refractivity contribution is 0.194. The van der Waals surface area contributed by atoms with Crippen LogP contribution in [0.1, 0.15) is 12.2 Å². The van der Waals surface area contributed by atoms with Gasteiger partial charge in [-0.3, -0.25) is 0 Å². The number of carboxylic acid groups (broad SMARTS) is 1. The molecule has 0 aliphatic heterocycles. The number of rotatable bonds is 4. The number of tetrazole rings is 1. The van der Waals surface area contributed by atoms with E-state index in [0.29, 0.717) is 25.2 Å². The Hall–Kier alpha value is -1.66. The highest BCUT2D eigenvalue weighted by Gasteiger charge is 1.97. The Balaban J connectivity index is 2.07. The third-order valence-corrected chi connectivity index (χ3v) is 1.26. The molecule has 0 bridgehead atoms. The largest absolute Gasteiger partial charge is 0.465 e. The van der Waals surface area contributed by atoms with Crippen molar-refractivity contribution in [1.82, 2.24) is 25.9 Å². The van der Waals surface area contributed by atoms with E-state index in [1.54, 1.807) is 0 Å². The first kappa shape index (κ1) is 8.44. The zero-order valence-corrected chi connectivity index (χ0v) is 6.32. The highest BCUT2D eigenvalue weighted by Crippen LogP contribution is 1.89. The lowest BCUT2D eigenvalue weighted by Crippen LogP contribution is -2.22. The molecule has 0 spiro atoms. The molecule has 0 aliphatic rings. The second kappa shape index (κ2) is 4.27. The van der Waals surface area contributed by atoms with Crippen molar-refractivity contribution < 1.29 is 9.90 Å². The van der Waals surface area contributed by atoms with Crippen LogP contribution in [0.2, 0.25) is 0 Å². The van der Waals surface area contributed by atoms with Crippen LogP contribution < -0.4 is 5.32 Å². The molecule has 1 heterocycles. The molecular weight excluding hydrogens is 162 g/mol. The van der Waals surface area contributed by atoms with Crippen molar-refractivity contribution in [2.45, 2.75) is 12.8 Å². The summed E-state index contributed by atoms with van der Waals surface area (Å²) in [6.07, 6.45) is 0.321. The fraction of sp³-hybridized carbons (Fsp3) is 0.600. The second-order valence-electron chi connectivity index (χ2n) is 2.18. The predicted octanol–water partition coefficient (Wildman–Crippen LogP) is -0.600. The number of hydrogen-bond acceptors (Lipinski definition) is 4. The number of carbonyl (C=O) groups is 1. The molecule has 1 rings (SSSR count). The zero-order chi connectivity index (χ0) is 8.81. The maximum absolute atomic E-state index is 10.0. The van der Waals surface area contributed by atoms with E-state index in [2.05, 4.69) is 25.9 Å². The summed E-state index contributed by atoms with van der Waals surface area (Å²) in [6.45, 7) is 0.413. The van der Waals surface area contributed by atoms with Crippen molar-refractivity contribution in [2.24, 2.45) is 0 Å². The molecule has 66 valence electrons. The minimum absolute atomic E-state index is 0.413. The number of nitrogens with zero attached hydrogens (tertiary/aromatic N) is 3. The van der Waals surface area contributed by atoms with Crippen LogP contribution in [0.15, 0.2) is 0 Å². The summed E-state index contributed by atoms with van der Waals surface area (Å²) in [4.78, 5) is 10.0. The average molecular weight is 171 g/mol. The molecule has 7 nitrogen and oxygen atoms in total. The van der Waals surface area contributed by atoms with Gasteiger partial charge in [-0.05, 0) is 16.8 Å². The Bertz CT molecular complexity index is 234. The highest BCUT2D eigenvalue weighted by atomic mass is 16.4. The Morgan fingerprint density at radius 1 is 1.67 bits per heavy atom. The van der Waals surface area contributed by atoms with Gasteiger partial charge in [0.05, 0.1) is 0 Å². The maximum Gasteiger partial charge on any atom is 0.404 e. The van der Waals surface area contributed by atoms with Crippen LogP contribution in [0.3, 0.4) is 0 Å². The fourth-order valence-electron chi connectivity index (χ4n) is 0.736. The zero-order valence-electron chi connectivity index (χ0n) is 6.32. The van der Waals surface area contributed by atoms with Crippen LogP contribution in [0, 0.1) is 0 Å². The van der Waals surface area contributed by atoms with Crippen LogP contribution in [-0.2, 0) is 6.42 Å². The molecule has 1 aromatic rings. The lowest BCUT2D eigenvalue weighted by Gasteiger charge is -1.96. The molecule has 12 heavy (non-hydrogen) atoms. The SMILES string of the molecule is O=C(O)NCCCc1nnn[nH]1. The first-order chi connectivity index (χ1) is 5.79. The molecule has 1 aromatic heterocycles. The molecule has 0 fully saturated rings. The van der Waals surface area contributed by atoms with E-state index in [-0.39, 0.29) is 0 Å².